The summed E-state index contributed by atoms with van der Waals surface area (Å²) in [6, 6.07) is 3.07. The van der Waals surface area contributed by atoms with Gasteiger partial charge in [0, 0.05) is 50.9 Å². The van der Waals surface area contributed by atoms with Crippen LogP contribution >= 0.6 is 0 Å². The van der Waals surface area contributed by atoms with Gasteiger partial charge < -0.3 is 19.2 Å². The summed E-state index contributed by atoms with van der Waals surface area (Å²) >= 11 is 0. The third-order valence-electron chi connectivity index (χ3n) is 5.04. The van der Waals surface area contributed by atoms with Crippen molar-refractivity contribution in [2.45, 2.75) is 23.8 Å². The summed E-state index contributed by atoms with van der Waals surface area (Å²) in [5, 5.41) is 2.52. The predicted octanol–water partition coefficient (Wildman–Crippen LogP) is 2.30. The normalized spacial score (nSPS) is 20.6. The molecule has 31 heavy (non-hydrogen) atoms. The zero-order chi connectivity index (χ0) is 22.3. The number of carbonyl (C=O) groups is 1. The molecule has 2 N–H and O–H groups in total. The Hall–Kier alpha value is -3.05. The molecule has 4 rings (SSSR count). The number of halogens is 2. The molecule has 1 aromatic carbocycles. The molecule has 2 atom stereocenters. The van der Waals surface area contributed by atoms with Crippen molar-refractivity contribution in [1.29, 1.82) is 0 Å². The fourth-order valence-corrected chi connectivity index (χ4v) is 4.68. The highest BCUT2D eigenvalue weighted by Gasteiger charge is 2.37. The third-order valence-corrected chi connectivity index (χ3v) is 6.41. The van der Waals surface area contributed by atoms with Gasteiger partial charge in [-0.3, -0.25) is 4.79 Å². The molecule has 0 spiro atoms. The minimum absolute atomic E-state index is 0.0892. The zero-order valence-electron chi connectivity index (χ0n) is 17.1. The van der Waals surface area contributed by atoms with Crippen LogP contribution in [0.1, 0.15) is 23.2 Å². The second-order valence-electron chi connectivity index (χ2n) is 7.72. The Morgan fingerprint density at radius 3 is 2.77 bits per heavy atom. The summed E-state index contributed by atoms with van der Waals surface area (Å²) in [6.07, 6.45) is 5.51. The number of hydrogen-bond donors (Lipinski definition) is 2. The highest BCUT2D eigenvalue weighted by molar-refractivity contribution is 7.83. The smallest absolute Gasteiger partial charge is 0.276 e. The number of aromatic nitrogens is 3. The van der Waals surface area contributed by atoms with Gasteiger partial charge in [-0.2, -0.15) is 0 Å². The number of fused-ring (bicyclic) bond motifs is 1. The van der Waals surface area contributed by atoms with Crippen LogP contribution in [0.2, 0.25) is 0 Å². The van der Waals surface area contributed by atoms with Crippen molar-refractivity contribution in [2.75, 3.05) is 11.9 Å². The molecular weight excluding hydrogens is 428 g/mol. The number of amides is 1. The predicted molar refractivity (Wildman–Crippen MR) is 110 cm³/mol. The van der Waals surface area contributed by atoms with Gasteiger partial charge in [-0.05, 0) is 19.1 Å². The highest BCUT2D eigenvalue weighted by atomic mass is 32.2. The molecule has 0 aliphatic carbocycles. The first kappa shape index (κ1) is 21.2. The molecule has 1 aliphatic heterocycles. The van der Waals surface area contributed by atoms with Gasteiger partial charge in [0.05, 0.1) is 5.54 Å². The lowest BCUT2D eigenvalue weighted by Crippen LogP contribution is -2.49. The first-order valence-electron chi connectivity index (χ1n) is 9.41. The number of rotatable bonds is 4. The van der Waals surface area contributed by atoms with E-state index in [1.165, 1.54) is 10.6 Å². The summed E-state index contributed by atoms with van der Waals surface area (Å²) < 4.78 is 52.1. The quantitative estimate of drug-likeness (QED) is 0.640. The van der Waals surface area contributed by atoms with Gasteiger partial charge in [-0.15, -0.1) is 0 Å². The molecule has 0 saturated carbocycles. The van der Waals surface area contributed by atoms with Gasteiger partial charge >= 0.3 is 0 Å². The molecular formula is C20H21F2N5O3S. The first-order chi connectivity index (χ1) is 14.7. The van der Waals surface area contributed by atoms with Crippen LogP contribution in [0.4, 0.5) is 14.5 Å². The third kappa shape index (κ3) is 4.10. The number of ether oxygens (including phenoxy) is 1. The van der Waals surface area contributed by atoms with E-state index in [0.29, 0.717) is 11.3 Å². The summed E-state index contributed by atoms with van der Waals surface area (Å²) in [6.45, 7) is 2.00. The average Bonchev–Trinajstić information content (AvgIpc) is 3.22. The minimum atomic E-state index is -1.65. The monoisotopic (exact) mass is 449 g/mol. The van der Waals surface area contributed by atoms with Gasteiger partial charge in [0.15, 0.2) is 23.1 Å². The summed E-state index contributed by atoms with van der Waals surface area (Å²) in [7, 11) is 1.83. The van der Waals surface area contributed by atoms with Crippen molar-refractivity contribution in [3.8, 4) is 5.75 Å². The lowest BCUT2D eigenvalue weighted by atomic mass is 10.00. The molecule has 0 bridgehead atoms. The number of benzene rings is 1. The van der Waals surface area contributed by atoms with E-state index in [4.69, 9.17) is 4.74 Å². The first-order valence-corrected chi connectivity index (χ1v) is 10.6. The Kier molecular flexibility index (Phi) is 5.40. The fraction of sp³-hybridized carbons (Fsp3) is 0.300. The van der Waals surface area contributed by atoms with E-state index in [1.54, 1.807) is 19.4 Å². The summed E-state index contributed by atoms with van der Waals surface area (Å²) in [5.74, 6) is -1.71. The molecule has 3 aromatic rings. The zero-order valence-corrected chi connectivity index (χ0v) is 17.9. The van der Waals surface area contributed by atoms with Crippen LogP contribution in [-0.2, 0) is 31.5 Å². The van der Waals surface area contributed by atoms with Crippen LogP contribution in [0.5, 0.6) is 5.75 Å². The fourth-order valence-electron chi connectivity index (χ4n) is 3.42. The molecule has 3 heterocycles. The number of nitrogens with one attached hydrogen (secondary N) is 2. The molecule has 2 unspecified atom stereocenters. The second-order valence-corrected chi connectivity index (χ2v) is 8.90. The molecule has 0 radical (unpaired) electrons. The van der Waals surface area contributed by atoms with Gasteiger partial charge in [0.2, 0.25) is 0 Å². The molecule has 0 saturated heterocycles. The maximum absolute atomic E-state index is 13.5. The molecule has 2 aromatic heterocycles. The van der Waals surface area contributed by atoms with E-state index in [9.17, 15) is 17.8 Å². The number of imidazole rings is 1. The van der Waals surface area contributed by atoms with Crippen molar-refractivity contribution in [2.24, 2.45) is 14.1 Å². The van der Waals surface area contributed by atoms with E-state index in [1.807, 2.05) is 24.7 Å². The van der Waals surface area contributed by atoms with Crippen molar-refractivity contribution in [3.05, 3.63) is 59.9 Å². The van der Waals surface area contributed by atoms with Crippen LogP contribution < -0.4 is 14.8 Å². The van der Waals surface area contributed by atoms with Gasteiger partial charge in [-0.25, -0.2) is 22.7 Å². The standard InChI is InChI=1S/C20H21F2N5O3S/c1-20(9-16-23-6-7-26(16)2)11-30-18-15(31(29)25-20)10-27(3)17(18)19(28)24-12-4-5-13(21)14(22)8-12/h4-8,10,25H,9,11H2,1-3H3,(H,24,28). The Balaban J connectivity index is 1.60. The van der Waals surface area contributed by atoms with E-state index >= 15 is 0 Å². The van der Waals surface area contributed by atoms with E-state index in [0.717, 1.165) is 18.0 Å². The largest absolute Gasteiger partial charge is 0.488 e. The van der Waals surface area contributed by atoms with E-state index in [-0.39, 0.29) is 23.7 Å². The van der Waals surface area contributed by atoms with Crippen LogP contribution in [0, 0.1) is 11.6 Å². The summed E-state index contributed by atoms with van der Waals surface area (Å²) in [4.78, 5) is 17.5. The van der Waals surface area contributed by atoms with Crippen molar-refractivity contribution in [1.82, 2.24) is 18.8 Å². The van der Waals surface area contributed by atoms with Crippen LogP contribution in [0.3, 0.4) is 0 Å². The lowest BCUT2D eigenvalue weighted by molar-refractivity contribution is 0.101. The maximum atomic E-state index is 13.5. The number of anilines is 1. The SMILES string of the molecule is Cn1ccnc1CC1(C)COc2c(cn(C)c2C(=O)Nc2ccc(F)c(F)c2)S(=O)N1. The van der Waals surface area contributed by atoms with Crippen molar-refractivity contribution >= 4 is 22.6 Å². The molecule has 0 fully saturated rings. The average molecular weight is 449 g/mol. The Bertz CT molecular complexity index is 1190. The van der Waals surface area contributed by atoms with Gasteiger partial charge in [-0.1, -0.05) is 0 Å². The Labute approximate surface area is 179 Å². The van der Waals surface area contributed by atoms with Gasteiger partial charge in [0.1, 0.15) is 28.3 Å². The van der Waals surface area contributed by atoms with Crippen LogP contribution in [0.15, 0.2) is 41.7 Å². The number of carbonyl (C=O) groups excluding carboxylic acids is 1. The van der Waals surface area contributed by atoms with Crippen molar-refractivity contribution in [3.63, 3.8) is 0 Å². The highest BCUT2D eigenvalue weighted by Crippen LogP contribution is 2.33. The number of hydrogen-bond acceptors (Lipinski definition) is 4. The molecule has 164 valence electrons. The second kappa shape index (κ2) is 7.89. The summed E-state index contributed by atoms with van der Waals surface area (Å²) in [5.41, 5.74) is -0.495. The minimum Gasteiger partial charge on any atom is -0.488 e. The van der Waals surface area contributed by atoms with Crippen molar-refractivity contribution < 1.29 is 22.5 Å². The Morgan fingerprint density at radius 2 is 2.10 bits per heavy atom. The number of aryl methyl sites for hydroxylation is 2. The molecule has 1 aliphatic rings. The number of nitrogens with zero attached hydrogens (tertiary/aromatic N) is 3. The maximum Gasteiger partial charge on any atom is 0.276 e. The van der Waals surface area contributed by atoms with Crippen LogP contribution in [0.25, 0.3) is 0 Å². The van der Waals surface area contributed by atoms with Crippen LogP contribution in [-0.4, -0.2) is 36.4 Å². The van der Waals surface area contributed by atoms with E-state index in [2.05, 4.69) is 15.0 Å². The van der Waals surface area contributed by atoms with E-state index < -0.39 is 34.1 Å². The lowest BCUT2D eigenvalue weighted by Gasteiger charge is -2.27. The topological polar surface area (TPSA) is 90.2 Å². The Morgan fingerprint density at radius 1 is 1.32 bits per heavy atom. The molecule has 8 nitrogen and oxygen atoms in total. The molecule has 1 amide bonds. The van der Waals surface area contributed by atoms with Gasteiger partial charge in [0.25, 0.3) is 5.91 Å². The molecule has 11 heteroatoms.